The van der Waals surface area contributed by atoms with E-state index in [2.05, 4.69) is 41.7 Å². The molecule has 1 heterocycles. The highest BCUT2D eigenvalue weighted by Gasteiger charge is 2.20. The SMILES string of the molecule is O=C(NC(c1ccccc1)c1ccccc1)c1ccc(C2SCCS2)cc1. The maximum atomic E-state index is 12.9. The molecule has 3 aromatic rings. The number of benzene rings is 3. The van der Waals surface area contributed by atoms with Crippen molar-refractivity contribution in [2.75, 3.05) is 11.5 Å². The summed E-state index contributed by atoms with van der Waals surface area (Å²) >= 11 is 3.95. The summed E-state index contributed by atoms with van der Waals surface area (Å²) < 4.78 is 0.503. The predicted octanol–water partition coefficient (Wildman–Crippen LogP) is 5.68. The molecule has 1 N–H and O–H groups in total. The lowest BCUT2D eigenvalue weighted by Crippen LogP contribution is -2.29. The van der Waals surface area contributed by atoms with Gasteiger partial charge in [-0.3, -0.25) is 4.79 Å². The van der Waals surface area contributed by atoms with E-state index in [0.29, 0.717) is 10.1 Å². The molecule has 0 spiro atoms. The van der Waals surface area contributed by atoms with E-state index in [9.17, 15) is 4.79 Å². The fourth-order valence-electron chi connectivity index (χ4n) is 3.21. The van der Waals surface area contributed by atoms with Crippen LogP contribution in [0.2, 0.25) is 0 Å². The van der Waals surface area contributed by atoms with Crippen LogP contribution in [-0.2, 0) is 0 Å². The first-order valence-corrected chi connectivity index (χ1v) is 11.1. The van der Waals surface area contributed by atoms with Crippen LogP contribution in [0.25, 0.3) is 0 Å². The molecule has 0 radical (unpaired) electrons. The fraction of sp³-hybridized carbons (Fsp3) is 0.174. The van der Waals surface area contributed by atoms with Crippen LogP contribution < -0.4 is 5.32 Å². The minimum absolute atomic E-state index is 0.0500. The Labute approximate surface area is 168 Å². The van der Waals surface area contributed by atoms with Crippen molar-refractivity contribution in [1.29, 1.82) is 0 Å². The highest BCUT2D eigenvalue weighted by Crippen LogP contribution is 2.45. The van der Waals surface area contributed by atoms with Crippen LogP contribution in [0.4, 0.5) is 0 Å². The van der Waals surface area contributed by atoms with E-state index in [0.717, 1.165) is 11.1 Å². The Bertz CT molecular complexity index is 836. The number of nitrogens with one attached hydrogen (secondary N) is 1. The summed E-state index contributed by atoms with van der Waals surface area (Å²) in [7, 11) is 0. The van der Waals surface area contributed by atoms with Crippen molar-refractivity contribution >= 4 is 29.4 Å². The fourth-order valence-corrected chi connectivity index (χ4v) is 6.07. The summed E-state index contributed by atoms with van der Waals surface area (Å²) in [4.78, 5) is 12.9. The number of amides is 1. The second kappa shape index (κ2) is 8.68. The van der Waals surface area contributed by atoms with Gasteiger partial charge in [0.15, 0.2) is 0 Å². The molecule has 1 amide bonds. The van der Waals surface area contributed by atoms with Gasteiger partial charge in [0, 0.05) is 17.1 Å². The van der Waals surface area contributed by atoms with Crippen molar-refractivity contribution in [3.8, 4) is 0 Å². The third-order valence-electron chi connectivity index (χ3n) is 4.61. The number of hydrogen-bond acceptors (Lipinski definition) is 3. The Morgan fingerprint density at radius 1 is 0.778 bits per heavy atom. The van der Waals surface area contributed by atoms with Crippen molar-refractivity contribution in [2.45, 2.75) is 10.6 Å². The number of rotatable bonds is 5. The van der Waals surface area contributed by atoms with Gasteiger partial charge in [-0.15, -0.1) is 23.5 Å². The summed E-state index contributed by atoms with van der Waals surface area (Å²) in [5.41, 5.74) is 4.14. The lowest BCUT2D eigenvalue weighted by molar-refractivity contribution is 0.0943. The topological polar surface area (TPSA) is 29.1 Å². The van der Waals surface area contributed by atoms with Gasteiger partial charge in [0.25, 0.3) is 5.91 Å². The van der Waals surface area contributed by atoms with E-state index >= 15 is 0 Å². The number of carbonyl (C=O) groups is 1. The van der Waals surface area contributed by atoms with Gasteiger partial charge < -0.3 is 5.32 Å². The van der Waals surface area contributed by atoms with Crippen LogP contribution in [0.5, 0.6) is 0 Å². The zero-order valence-electron chi connectivity index (χ0n) is 14.9. The van der Waals surface area contributed by atoms with Gasteiger partial charge in [0.2, 0.25) is 0 Å². The number of carbonyl (C=O) groups excluding carboxylic acids is 1. The first kappa shape index (κ1) is 18.2. The van der Waals surface area contributed by atoms with Crippen LogP contribution in [0.3, 0.4) is 0 Å². The smallest absolute Gasteiger partial charge is 0.252 e. The molecule has 4 heteroatoms. The Kier molecular flexibility index (Phi) is 5.85. The van der Waals surface area contributed by atoms with Crippen molar-refractivity contribution in [3.05, 3.63) is 107 Å². The molecule has 2 nitrogen and oxygen atoms in total. The minimum Gasteiger partial charge on any atom is -0.341 e. The molecule has 0 bridgehead atoms. The lowest BCUT2D eigenvalue weighted by Gasteiger charge is -2.20. The van der Waals surface area contributed by atoms with Gasteiger partial charge >= 0.3 is 0 Å². The van der Waals surface area contributed by atoms with E-state index in [1.807, 2.05) is 72.1 Å². The van der Waals surface area contributed by atoms with Crippen LogP contribution >= 0.6 is 23.5 Å². The molecule has 1 aliphatic rings. The largest absolute Gasteiger partial charge is 0.341 e. The normalized spacial score (nSPS) is 14.4. The molecule has 136 valence electrons. The summed E-state index contributed by atoms with van der Waals surface area (Å²) in [6.45, 7) is 0. The third-order valence-corrected chi connectivity index (χ3v) is 7.71. The average Bonchev–Trinajstić information content (AvgIpc) is 3.28. The van der Waals surface area contributed by atoms with E-state index < -0.39 is 0 Å². The Balaban J connectivity index is 1.55. The molecule has 0 saturated carbocycles. The van der Waals surface area contributed by atoms with E-state index in [-0.39, 0.29) is 11.9 Å². The standard InChI is InChI=1S/C23H21NOS2/c25-22(19-11-13-20(14-12-19)23-26-15-16-27-23)24-21(17-7-3-1-4-8-17)18-9-5-2-6-10-18/h1-14,21,23H,15-16H2,(H,24,25). The van der Waals surface area contributed by atoms with Crippen LogP contribution in [-0.4, -0.2) is 17.4 Å². The van der Waals surface area contributed by atoms with Gasteiger partial charge in [-0.1, -0.05) is 72.8 Å². The van der Waals surface area contributed by atoms with Crippen molar-refractivity contribution in [1.82, 2.24) is 5.32 Å². The molecule has 0 unspecified atom stereocenters. The number of thioether (sulfide) groups is 2. The van der Waals surface area contributed by atoms with E-state index in [4.69, 9.17) is 0 Å². The second-order valence-corrected chi connectivity index (χ2v) is 9.15. The van der Waals surface area contributed by atoms with Gasteiger partial charge in [-0.05, 0) is 28.8 Å². The quantitative estimate of drug-likeness (QED) is 0.606. The molecule has 0 atom stereocenters. The van der Waals surface area contributed by atoms with Crippen LogP contribution in [0.15, 0.2) is 84.9 Å². The minimum atomic E-state index is -0.166. The molecule has 3 aromatic carbocycles. The molecule has 0 aliphatic carbocycles. The maximum absolute atomic E-state index is 12.9. The lowest BCUT2D eigenvalue weighted by atomic mass is 9.98. The van der Waals surface area contributed by atoms with Crippen molar-refractivity contribution < 1.29 is 4.79 Å². The second-order valence-electron chi connectivity index (χ2n) is 6.42. The predicted molar refractivity (Wildman–Crippen MR) is 116 cm³/mol. The van der Waals surface area contributed by atoms with Crippen LogP contribution in [0, 0.1) is 0 Å². The highest BCUT2D eigenvalue weighted by molar-refractivity contribution is 8.19. The summed E-state index contributed by atoms with van der Waals surface area (Å²) in [6.07, 6.45) is 0. The van der Waals surface area contributed by atoms with E-state index in [1.54, 1.807) is 0 Å². The molecule has 4 rings (SSSR count). The number of hydrogen-bond donors (Lipinski definition) is 1. The average molecular weight is 392 g/mol. The summed E-state index contributed by atoms with van der Waals surface area (Å²) in [5.74, 6) is 2.35. The molecule has 1 aliphatic heterocycles. The Hall–Kier alpha value is -2.17. The van der Waals surface area contributed by atoms with Gasteiger partial charge in [-0.2, -0.15) is 0 Å². The molecule has 27 heavy (non-hydrogen) atoms. The first-order chi connectivity index (χ1) is 13.3. The van der Waals surface area contributed by atoms with Crippen molar-refractivity contribution in [2.24, 2.45) is 0 Å². The Morgan fingerprint density at radius 3 is 1.81 bits per heavy atom. The van der Waals surface area contributed by atoms with Crippen molar-refractivity contribution in [3.63, 3.8) is 0 Å². The third kappa shape index (κ3) is 4.40. The summed E-state index contributed by atoms with van der Waals surface area (Å²) in [5, 5.41) is 3.21. The van der Waals surface area contributed by atoms with Gasteiger partial charge in [0.1, 0.15) is 0 Å². The first-order valence-electron chi connectivity index (χ1n) is 9.05. The maximum Gasteiger partial charge on any atom is 0.252 e. The molecule has 0 aromatic heterocycles. The van der Waals surface area contributed by atoms with Crippen LogP contribution in [0.1, 0.15) is 37.7 Å². The van der Waals surface area contributed by atoms with Gasteiger partial charge in [0.05, 0.1) is 10.6 Å². The summed E-state index contributed by atoms with van der Waals surface area (Å²) in [6, 6.07) is 28.1. The molecular weight excluding hydrogens is 370 g/mol. The zero-order valence-corrected chi connectivity index (χ0v) is 16.5. The highest BCUT2D eigenvalue weighted by atomic mass is 32.2. The monoisotopic (exact) mass is 391 g/mol. The Morgan fingerprint density at radius 2 is 1.30 bits per heavy atom. The van der Waals surface area contributed by atoms with Gasteiger partial charge in [-0.25, -0.2) is 0 Å². The molecular formula is C23H21NOS2. The molecule has 1 saturated heterocycles. The van der Waals surface area contributed by atoms with E-state index in [1.165, 1.54) is 17.1 Å². The molecule has 1 fully saturated rings. The zero-order chi connectivity index (χ0) is 18.5.